The molecule has 1 aromatic carbocycles. The van der Waals surface area contributed by atoms with Crippen molar-refractivity contribution in [3.63, 3.8) is 0 Å². The molecule has 0 aromatic heterocycles. The maximum atomic E-state index is 8.89. The molecule has 17 heavy (non-hydrogen) atoms. The highest BCUT2D eigenvalue weighted by atomic mass is 35.5. The fourth-order valence-corrected chi connectivity index (χ4v) is 2.62. The van der Waals surface area contributed by atoms with Crippen LogP contribution in [0.15, 0.2) is 18.2 Å². The summed E-state index contributed by atoms with van der Waals surface area (Å²) in [6.07, 6.45) is 0. The van der Waals surface area contributed by atoms with E-state index in [1.165, 1.54) is 0 Å². The Labute approximate surface area is 112 Å². The lowest BCUT2D eigenvalue weighted by Crippen LogP contribution is -2.47. The predicted octanol–water partition coefficient (Wildman–Crippen LogP) is 2.11. The van der Waals surface area contributed by atoms with Crippen LogP contribution in [0.5, 0.6) is 0 Å². The Balaban J connectivity index is 2.00. The Bertz CT molecular complexity index is 379. The van der Waals surface area contributed by atoms with Crippen molar-refractivity contribution in [1.29, 1.82) is 0 Å². The first-order valence-electron chi connectivity index (χ1n) is 5.74. The summed E-state index contributed by atoms with van der Waals surface area (Å²) in [7, 11) is 0. The molecule has 1 N–H and O–H groups in total. The van der Waals surface area contributed by atoms with Crippen LogP contribution >= 0.6 is 23.2 Å². The van der Waals surface area contributed by atoms with E-state index in [0.717, 1.165) is 38.4 Å². The molecule has 0 spiro atoms. The van der Waals surface area contributed by atoms with Crippen LogP contribution in [0.4, 0.5) is 5.69 Å². The minimum absolute atomic E-state index is 0.224. The minimum atomic E-state index is 0.224. The Morgan fingerprint density at radius 3 is 2.41 bits per heavy atom. The van der Waals surface area contributed by atoms with Gasteiger partial charge in [-0.05, 0) is 18.2 Å². The molecular weight excluding hydrogens is 259 g/mol. The van der Waals surface area contributed by atoms with E-state index in [-0.39, 0.29) is 6.61 Å². The van der Waals surface area contributed by atoms with E-state index in [2.05, 4.69) is 9.80 Å². The lowest BCUT2D eigenvalue weighted by atomic mass is 10.2. The second-order valence-electron chi connectivity index (χ2n) is 4.15. The van der Waals surface area contributed by atoms with Crippen molar-refractivity contribution in [2.24, 2.45) is 0 Å². The first-order valence-corrected chi connectivity index (χ1v) is 6.49. The molecule has 0 aliphatic carbocycles. The second kappa shape index (κ2) is 5.91. The highest BCUT2D eigenvalue weighted by Gasteiger charge is 2.18. The Kier molecular flexibility index (Phi) is 4.51. The van der Waals surface area contributed by atoms with Crippen LogP contribution in [0.1, 0.15) is 0 Å². The van der Waals surface area contributed by atoms with E-state index >= 15 is 0 Å². The van der Waals surface area contributed by atoms with Gasteiger partial charge < -0.3 is 10.0 Å². The van der Waals surface area contributed by atoms with Gasteiger partial charge in [0.05, 0.1) is 17.3 Å². The molecule has 94 valence electrons. The number of aliphatic hydroxyl groups is 1. The lowest BCUT2D eigenvalue weighted by molar-refractivity contribution is 0.189. The fourth-order valence-electron chi connectivity index (χ4n) is 2.09. The lowest BCUT2D eigenvalue weighted by Gasteiger charge is -2.36. The summed E-state index contributed by atoms with van der Waals surface area (Å²) in [4.78, 5) is 4.51. The van der Waals surface area contributed by atoms with Crippen LogP contribution in [-0.2, 0) is 0 Å². The van der Waals surface area contributed by atoms with Crippen LogP contribution < -0.4 is 4.90 Å². The van der Waals surface area contributed by atoms with Crippen LogP contribution in [0.3, 0.4) is 0 Å². The molecule has 0 radical (unpaired) electrons. The monoisotopic (exact) mass is 274 g/mol. The van der Waals surface area contributed by atoms with E-state index in [1.807, 2.05) is 12.1 Å². The predicted molar refractivity (Wildman–Crippen MR) is 72.2 cm³/mol. The molecule has 1 heterocycles. The summed E-state index contributed by atoms with van der Waals surface area (Å²) in [6.45, 7) is 4.76. The zero-order valence-corrected chi connectivity index (χ0v) is 11.1. The van der Waals surface area contributed by atoms with Gasteiger partial charge in [-0.3, -0.25) is 4.90 Å². The Morgan fingerprint density at radius 2 is 1.82 bits per heavy atom. The maximum absolute atomic E-state index is 8.89. The molecule has 1 aliphatic heterocycles. The van der Waals surface area contributed by atoms with Gasteiger partial charge in [0.1, 0.15) is 0 Å². The van der Waals surface area contributed by atoms with Gasteiger partial charge in [-0.25, -0.2) is 0 Å². The van der Waals surface area contributed by atoms with Gasteiger partial charge in [0.2, 0.25) is 0 Å². The van der Waals surface area contributed by atoms with Crippen molar-refractivity contribution in [2.45, 2.75) is 0 Å². The Morgan fingerprint density at radius 1 is 1.12 bits per heavy atom. The number of piperazine rings is 1. The van der Waals surface area contributed by atoms with Gasteiger partial charge in [-0.15, -0.1) is 0 Å². The normalized spacial score (nSPS) is 17.5. The Hall–Kier alpha value is -0.480. The molecule has 0 atom stereocenters. The molecule has 3 nitrogen and oxygen atoms in total. The van der Waals surface area contributed by atoms with Gasteiger partial charge in [0.15, 0.2) is 0 Å². The quantitative estimate of drug-likeness (QED) is 0.915. The maximum Gasteiger partial charge on any atom is 0.0654 e. The summed E-state index contributed by atoms with van der Waals surface area (Å²) in [5.74, 6) is 0. The molecule has 1 fully saturated rings. The molecule has 0 bridgehead atoms. The zero-order valence-electron chi connectivity index (χ0n) is 9.57. The number of hydrogen-bond acceptors (Lipinski definition) is 3. The van der Waals surface area contributed by atoms with Gasteiger partial charge >= 0.3 is 0 Å². The molecule has 1 aromatic rings. The zero-order chi connectivity index (χ0) is 12.3. The van der Waals surface area contributed by atoms with Crippen LogP contribution in [0.2, 0.25) is 10.0 Å². The van der Waals surface area contributed by atoms with E-state index in [0.29, 0.717) is 10.0 Å². The van der Waals surface area contributed by atoms with Gasteiger partial charge in [-0.1, -0.05) is 23.2 Å². The second-order valence-corrected chi connectivity index (χ2v) is 4.99. The number of hydrogen-bond donors (Lipinski definition) is 1. The van der Waals surface area contributed by atoms with Crippen LogP contribution in [-0.4, -0.2) is 49.3 Å². The standard InChI is InChI=1S/C12H16Cl2N2O/c13-10-1-2-12(11(14)9-10)16-5-3-15(4-6-16)7-8-17/h1-2,9,17H,3-8H2. The summed E-state index contributed by atoms with van der Waals surface area (Å²) in [5, 5.41) is 10.3. The van der Waals surface area contributed by atoms with Crippen LogP contribution in [0, 0.1) is 0 Å². The summed E-state index contributed by atoms with van der Waals surface area (Å²) >= 11 is 12.1. The number of halogens is 2. The molecule has 1 saturated heterocycles. The molecule has 0 amide bonds. The average Bonchev–Trinajstić information content (AvgIpc) is 2.31. The summed E-state index contributed by atoms with van der Waals surface area (Å²) in [6, 6.07) is 5.60. The third-order valence-electron chi connectivity index (χ3n) is 3.04. The van der Waals surface area contributed by atoms with Gasteiger partial charge in [0, 0.05) is 37.7 Å². The van der Waals surface area contributed by atoms with Crippen molar-refractivity contribution in [2.75, 3.05) is 44.2 Å². The number of anilines is 1. The summed E-state index contributed by atoms with van der Waals surface area (Å²) in [5.41, 5.74) is 1.04. The highest BCUT2D eigenvalue weighted by molar-refractivity contribution is 6.36. The van der Waals surface area contributed by atoms with E-state index in [1.54, 1.807) is 6.07 Å². The van der Waals surface area contributed by atoms with Crippen molar-refractivity contribution < 1.29 is 5.11 Å². The SMILES string of the molecule is OCCN1CCN(c2ccc(Cl)cc2Cl)CC1. The van der Waals surface area contributed by atoms with Gasteiger partial charge in [0.25, 0.3) is 0 Å². The smallest absolute Gasteiger partial charge is 0.0654 e. The van der Waals surface area contributed by atoms with E-state index < -0.39 is 0 Å². The molecule has 1 aliphatic rings. The van der Waals surface area contributed by atoms with Crippen molar-refractivity contribution in [1.82, 2.24) is 4.90 Å². The molecule has 5 heteroatoms. The van der Waals surface area contributed by atoms with E-state index in [4.69, 9.17) is 28.3 Å². The fraction of sp³-hybridized carbons (Fsp3) is 0.500. The van der Waals surface area contributed by atoms with E-state index in [9.17, 15) is 0 Å². The molecule has 0 unspecified atom stereocenters. The van der Waals surface area contributed by atoms with Gasteiger partial charge in [-0.2, -0.15) is 0 Å². The highest BCUT2D eigenvalue weighted by Crippen LogP contribution is 2.29. The topological polar surface area (TPSA) is 26.7 Å². The number of rotatable bonds is 3. The van der Waals surface area contributed by atoms with Crippen LogP contribution in [0.25, 0.3) is 0 Å². The minimum Gasteiger partial charge on any atom is -0.395 e. The van der Waals surface area contributed by atoms with Crippen molar-refractivity contribution in [3.8, 4) is 0 Å². The van der Waals surface area contributed by atoms with Crippen molar-refractivity contribution in [3.05, 3.63) is 28.2 Å². The average molecular weight is 275 g/mol. The first-order chi connectivity index (χ1) is 8.20. The largest absolute Gasteiger partial charge is 0.395 e. The number of nitrogens with zero attached hydrogens (tertiary/aromatic N) is 2. The molecular formula is C12H16Cl2N2O. The van der Waals surface area contributed by atoms with Crippen molar-refractivity contribution >= 4 is 28.9 Å². The number of β-amino-alcohol motifs (C(OH)–C–C–N with tert-alkyl or cyclic N) is 1. The third kappa shape index (κ3) is 3.26. The third-order valence-corrected chi connectivity index (χ3v) is 3.58. The molecule has 0 saturated carbocycles. The first kappa shape index (κ1) is 13.0. The summed E-state index contributed by atoms with van der Waals surface area (Å²) < 4.78 is 0. The molecule has 2 rings (SSSR count). The number of aliphatic hydroxyl groups excluding tert-OH is 1. The number of benzene rings is 1.